The van der Waals surface area contributed by atoms with E-state index in [9.17, 15) is 0 Å². The summed E-state index contributed by atoms with van der Waals surface area (Å²) in [6.45, 7) is 0.730. The van der Waals surface area contributed by atoms with Crippen molar-refractivity contribution in [3.63, 3.8) is 0 Å². The maximum atomic E-state index is 8.18. The van der Waals surface area contributed by atoms with E-state index in [1.54, 1.807) is 0 Å². The van der Waals surface area contributed by atoms with Gasteiger partial charge in [0.15, 0.2) is 0 Å². The Morgan fingerprint density at radius 1 is 1.21 bits per heavy atom. The van der Waals surface area contributed by atoms with Crippen LogP contribution in [-0.4, -0.2) is 30.0 Å². The Hall–Kier alpha value is -2.99. The SMILES string of the molecule is CNCc1ccc2c(N(C)c3ccccc3)nc(=N)n(C=N)c2c1. The van der Waals surface area contributed by atoms with Gasteiger partial charge in [-0.1, -0.05) is 24.3 Å². The van der Waals surface area contributed by atoms with Gasteiger partial charge >= 0.3 is 0 Å². The van der Waals surface area contributed by atoms with E-state index in [-0.39, 0.29) is 5.62 Å². The topological polar surface area (TPSA) is 80.8 Å². The van der Waals surface area contributed by atoms with E-state index >= 15 is 0 Å². The summed E-state index contributed by atoms with van der Waals surface area (Å²) in [6, 6.07) is 16.0. The quantitative estimate of drug-likeness (QED) is 0.499. The lowest BCUT2D eigenvalue weighted by molar-refractivity contribution is 0.817. The van der Waals surface area contributed by atoms with E-state index in [0.29, 0.717) is 5.82 Å². The van der Waals surface area contributed by atoms with Gasteiger partial charge in [-0.25, -0.2) is 0 Å². The van der Waals surface area contributed by atoms with Crippen LogP contribution in [0.5, 0.6) is 0 Å². The first-order valence-electron chi connectivity index (χ1n) is 7.69. The van der Waals surface area contributed by atoms with Gasteiger partial charge in [0.25, 0.3) is 0 Å². The second-order valence-electron chi connectivity index (χ2n) is 5.53. The molecular weight excluding hydrogens is 300 g/mol. The lowest BCUT2D eigenvalue weighted by Gasteiger charge is -2.21. The van der Waals surface area contributed by atoms with Gasteiger partial charge in [0.1, 0.15) is 5.82 Å². The van der Waals surface area contributed by atoms with Gasteiger partial charge < -0.3 is 10.2 Å². The number of benzene rings is 2. The Morgan fingerprint density at radius 3 is 2.62 bits per heavy atom. The van der Waals surface area contributed by atoms with Crippen LogP contribution in [0.15, 0.2) is 48.5 Å². The van der Waals surface area contributed by atoms with E-state index in [2.05, 4.69) is 10.3 Å². The Balaban J connectivity index is 2.25. The van der Waals surface area contributed by atoms with Crippen LogP contribution in [0, 0.1) is 10.8 Å². The summed E-state index contributed by atoms with van der Waals surface area (Å²) in [5.74, 6) is 0.704. The predicted octanol–water partition coefficient (Wildman–Crippen LogP) is 2.46. The van der Waals surface area contributed by atoms with E-state index in [1.165, 1.54) is 4.57 Å². The number of hydrogen-bond acceptors (Lipinski definition) is 5. The molecule has 3 N–H and O–H groups in total. The maximum Gasteiger partial charge on any atom is 0.229 e. The van der Waals surface area contributed by atoms with Gasteiger partial charge in [0, 0.05) is 24.7 Å². The Morgan fingerprint density at radius 2 is 1.96 bits per heavy atom. The zero-order valence-corrected chi connectivity index (χ0v) is 13.7. The minimum atomic E-state index is 0.0388. The number of rotatable bonds is 5. The van der Waals surface area contributed by atoms with Gasteiger partial charge in [-0.2, -0.15) is 4.98 Å². The van der Waals surface area contributed by atoms with E-state index in [4.69, 9.17) is 10.8 Å². The van der Waals surface area contributed by atoms with Crippen LogP contribution in [0.3, 0.4) is 0 Å². The fourth-order valence-corrected chi connectivity index (χ4v) is 2.77. The summed E-state index contributed by atoms with van der Waals surface area (Å²) in [6.07, 6.45) is 1.13. The first-order chi connectivity index (χ1) is 11.7. The van der Waals surface area contributed by atoms with Crippen LogP contribution >= 0.6 is 0 Å². The third kappa shape index (κ3) is 2.79. The first kappa shape index (κ1) is 15.9. The number of aromatic nitrogens is 2. The highest BCUT2D eigenvalue weighted by atomic mass is 15.2. The van der Waals surface area contributed by atoms with Crippen LogP contribution in [0.1, 0.15) is 5.56 Å². The number of para-hydroxylation sites is 1. The Labute approximate surface area is 140 Å². The Bertz CT molecular complexity index is 929. The average molecular weight is 320 g/mol. The highest BCUT2D eigenvalue weighted by molar-refractivity contribution is 5.94. The van der Waals surface area contributed by atoms with Gasteiger partial charge in [-0.15, -0.1) is 0 Å². The molecule has 0 aliphatic carbocycles. The second-order valence-corrected chi connectivity index (χ2v) is 5.53. The van der Waals surface area contributed by atoms with Crippen molar-refractivity contribution >= 4 is 28.7 Å². The summed E-state index contributed by atoms with van der Waals surface area (Å²) < 4.78 is 1.48. The molecular formula is C18H20N6. The molecule has 0 radical (unpaired) electrons. The van der Waals surface area contributed by atoms with Gasteiger partial charge in [0.2, 0.25) is 5.62 Å². The normalized spacial score (nSPS) is 10.8. The fourth-order valence-electron chi connectivity index (χ4n) is 2.77. The molecule has 6 heteroatoms. The van der Waals surface area contributed by atoms with Crippen molar-refractivity contribution < 1.29 is 0 Å². The van der Waals surface area contributed by atoms with Crippen molar-refractivity contribution in [1.82, 2.24) is 14.9 Å². The molecule has 0 atom stereocenters. The average Bonchev–Trinajstić information content (AvgIpc) is 2.61. The fraction of sp³-hybridized carbons (Fsp3) is 0.167. The summed E-state index contributed by atoms with van der Waals surface area (Å²) in [5.41, 5.74) is 2.93. The molecule has 0 aliphatic heterocycles. The second kappa shape index (κ2) is 6.64. The molecule has 0 fully saturated rings. The minimum absolute atomic E-state index is 0.0388. The van der Waals surface area contributed by atoms with Crippen molar-refractivity contribution in [3.05, 3.63) is 59.7 Å². The first-order valence-corrected chi connectivity index (χ1v) is 7.69. The summed E-state index contributed by atoms with van der Waals surface area (Å²) in [5, 5.41) is 19.8. The molecule has 0 saturated carbocycles. The van der Waals surface area contributed by atoms with Gasteiger partial charge in [-0.3, -0.25) is 15.4 Å². The van der Waals surface area contributed by atoms with Crippen LogP contribution in [-0.2, 0) is 6.54 Å². The number of hydrogen-bond donors (Lipinski definition) is 3. The van der Waals surface area contributed by atoms with E-state index < -0.39 is 0 Å². The number of nitrogens with zero attached hydrogens (tertiary/aromatic N) is 3. The molecule has 0 aliphatic rings. The van der Waals surface area contributed by atoms with Crippen LogP contribution in [0.25, 0.3) is 10.9 Å². The van der Waals surface area contributed by atoms with Crippen molar-refractivity contribution in [3.8, 4) is 0 Å². The number of nitrogens with one attached hydrogen (secondary N) is 3. The molecule has 6 nitrogen and oxygen atoms in total. The predicted molar refractivity (Wildman–Crippen MR) is 97.0 cm³/mol. The summed E-state index contributed by atoms with van der Waals surface area (Å²) in [7, 11) is 3.83. The third-order valence-electron chi connectivity index (χ3n) is 3.97. The highest BCUT2D eigenvalue weighted by Gasteiger charge is 2.13. The van der Waals surface area contributed by atoms with Crippen LogP contribution in [0.2, 0.25) is 0 Å². The molecule has 122 valence electrons. The molecule has 0 spiro atoms. The van der Waals surface area contributed by atoms with Crippen molar-refractivity contribution in [2.24, 2.45) is 0 Å². The van der Waals surface area contributed by atoms with Gasteiger partial charge in [-0.05, 0) is 36.9 Å². The molecule has 2 aromatic carbocycles. The highest BCUT2D eigenvalue weighted by Crippen LogP contribution is 2.28. The maximum absolute atomic E-state index is 8.18. The largest absolute Gasteiger partial charge is 0.329 e. The van der Waals surface area contributed by atoms with Crippen LogP contribution < -0.4 is 15.8 Å². The molecule has 1 heterocycles. The summed E-state index contributed by atoms with van der Waals surface area (Å²) in [4.78, 5) is 6.38. The minimum Gasteiger partial charge on any atom is -0.329 e. The van der Waals surface area contributed by atoms with Crippen molar-refractivity contribution in [2.45, 2.75) is 6.54 Å². The van der Waals surface area contributed by atoms with Crippen LogP contribution in [0.4, 0.5) is 11.5 Å². The molecule has 0 unspecified atom stereocenters. The monoisotopic (exact) mass is 320 g/mol. The van der Waals surface area contributed by atoms with Gasteiger partial charge in [0.05, 0.1) is 11.9 Å². The molecule has 0 saturated heterocycles. The third-order valence-corrected chi connectivity index (χ3v) is 3.97. The lowest BCUT2D eigenvalue weighted by atomic mass is 10.1. The molecule has 0 amide bonds. The zero-order chi connectivity index (χ0) is 17.1. The Kier molecular flexibility index (Phi) is 4.39. The van der Waals surface area contributed by atoms with Crippen molar-refractivity contribution in [2.75, 3.05) is 19.0 Å². The lowest BCUT2D eigenvalue weighted by Crippen LogP contribution is -2.26. The molecule has 1 aromatic heterocycles. The molecule has 3 rings (SSSR count). The molecule has 3 aromatic rings. The van der Waals surface area contributed by atoms with Crippen molar-refractivity contribution in [1.29, 1.82) is 10.8 Å². The number of fused-ring (bicyclic) bond motifs is 1. The zero-order valence-electron chi connectivity index (χ0n) is 13.7. The van der Waals surface area contributed by atoms with E-state index in [0.717, 1.165) is 35.0 Å². The number of anilines is 2. The van der Waals surface area contributed by atoms with E-state index in [1.807, 2.05) is 67.5 Å². The standard InChI is InChI=1S/C18H20N6/c1-21-11-13-8-9-15-16(10-13)24(12-19)18(20)22-17(15)23(2)14-6-4-3-5-7-14/h3-10,12,19-21H,11H2,1-2H3. The molecule has 0 bridgehead atoms. The molecule has 24 heavy (non-hydrogen) atoms. The summed E-state index contributed by atoms with van der Waals surface area (Å²) >= 11 is 0. The smallest absolute Gasteiger partial charge is 0.229 e.